The molecule has 2 unspecified atom stereocenters. The summed E-state index contributed by atoms with van der Waals surface area (Å²) in [6.07, 6.45) is 8.71. The molecule has 0 bridgehead atoms. The number of nitrogens with two attached hydrogens (primary N) is 1. The summed E-state index contributed by atoms with van der Waals surface area (Å²) >= 11 is 0. The molecule has 4 heteroatoms. The topological polar surface area (TPSA) is 29.3 Å². The van der Waals surface area contributed by atoms with Crippen molar-refractivity contribution in [2.24, 2.45) is 11.7 Å². The van der Waals surface area contributed by atoms with E-state index in [0.717, 1.165) is 25.0 Å². The Balaban J connectivity index is 0.000000980. The van der Waals surface area contributed by atoms with Crippen LogP contribution in [0.15, 0.2) is 0 Å². The second-order valence-electron chi connectivity index (χ2n) is 4.58. The zero-order valence-electron chi connectivity index (χ0n) is 9.36. The van der Waals surface area contributed by atoms with Gasteiger partial charge in [0.25, 0.3) is 0 Å². The van der Waals surface area contributed by atoms with Crippen LogP contribution in [0, 0.1) is 5.92 Å². The molecule has 0 amide bonds. The first kappa shape index (κ1) is 15.5. The average Bonchev–Trinajstić information content (AvgIpc) is 2.19. The van der Waals surface area contributed by atoms with Crippen LogP contribution in [0.2, 0.25) is 0 Å². The van der Waals surface area contributed by atoms with E-state index in [2.05, 4.69) is 4.90 Å². The Hall–Kier alpha value is 0.500. The molecule has 0 aromatic rings. The predicted molar refractivity (Wildman–Crippen MR) is 70.1 cm³/mol. The number of hydrogen-bond donors (Lipinski definition) is 1. The van der Waals surface area contributed by atoms with Gasteiger partial charge in [0.05, 0.1) is 0 Å². The van der Waals surface area contributed by atoms with Crippen molar-refractivity contribution in [1.82, 2.24) is 4.90 Å². The Labute approximate surface area is 106 Å². The molecule has 1 aliphatic heterocycles. The standard InChI is InChI=1S/C11H22N2.2ClH/c12-7-9-13-8-3-5-10-4-1-2-6-11(10)13;;/h10-11H,1-9,12H2;2*1H. The molecule has 1 heterocycles. The van der Waals surface area contributed by atoms with E-state index in [1.54, 1.807) is 0 Å². The molecule has 15 heavy (non-hydrogen) atoms. The van der Waals surface area contributed by atoms with Crippen LogP contribution in [-0.4, -0.2) is 30.6 Å². The van der Waals surface area contributed by atoms with Crippen LogP contribution in [0.4, 0.5) is 0 Å². The van der Waals surface area contributed by atoms with Gasteiger partial charge in [-0.1, -0.05) is 12.8 Å². The van der Waals surface area contributed by atoms with Gasteiger partial charge in [0.15, 0.2) is 0 Å². The zero-order valence-corrected chi connectivity index (χ0v) is 11.0. The molecule has 2 nitrogen and oxygen atoms in total. The summed E-state index contributed by atoms with van der Waals surface area (Å²) in [6.45, 7) is 3.27. The number of halogens is 2. The van der Waals surface area contributed by atoms with Crippen LogP contribution in [0.1, 0.15) is 38.5 Å². The highest BCUT2D eigenvalue weighted by atomic mass is 35.5. The van der Waals surface area contributed by atoms with Crippen LogP contribution < -0.4 is 5.73 Å². The monoisotopic (exact) mass is 254 g/mol. The Morgan fingerprint density at radius 3 is 2.40 bits per heavy atom. The predicted octanol–water partition coefficient (Wildman–Crippen LogP) is 2.44. The van der Waals surface area contributed by atoms with Gasteiger partial charge in [-0.15, -0.1) is 24.8 Å². The molecule has 2 rings (SSSR count). The van der Waals surface area contributed by atoms with E-state index >= 15 is 0 Å². The van der Waals surface area contributed by atoms with Crippen molar-refractivity contribution in [1.29, 1.82) is 0 Å². The molecular weight excluding hydrogens is 231 g/mol. The van der Waals surface area contributed by atoms with E-state index in [0.29, 0.717) is 0 Å². The van der Waals surface area contributed by atoms with Crippen molar-refractivity contribution in [2.75, 3.05) is 19.6 Å². The first-order valence-electron chi connectivity index (χ1n) is 5.86. The van der Waals surface area contributed by atoms with Crippen molar-refractivity contribution >= 4 is 24.8 Å². The fourth-order valence-corrected chi connectivity index (χ4v) is 3.17. The highest BCUT2D eigenvalue weighted by molar-refractivity contribution is 5.85. The molecule has 0 spiro atoms. The maximum atomic E-state index is 5.64. The first-order chi connectivity index (χ1) is 6.42. The summed E-state index contributed by atoms with van der Waals surface area (Å²) < 4.78 is 0. The number of likely N-dealkylation sites (tertiary alicyclic amines) is 1. The molecule has 0 aromatic carbocycles. The maximum absolute atomic E-state index is 5.64. The molecule has 0 aromatic heterocycles. The van der Waals surface area contributed by atoms with Gasteiger partial charge in [-0.2, -0.15) is 0 Å². The number of nitrogens with zero attached hydrogens (tertiary/aromatic N) is 1. The molecule has 2 N–H and O–H groups in total. The van der Waals surface area contributed by atoms with E-state index in [9.17, 15) is 0 Å². The minimum atomic E-state index is 0. The second kappa shape index (κ2) is 7.72. The van der Waals surface area contributed by atoms with Gasteiger partial charge in [-0.05, 0) is 38.1 Å². The van der Waals surface area contributed by atoms with Crippen molar-refractivity contribution in [3.8, 4) is 0 Å². The lowest BCUT2D eigenvalue weighted by molar-refractivity contribution is 0.0637. The number of rotatable bonds is 2. The lowest BCUT2D eigenvalue weighted by Gasteiger charge is -2.44. The Morgan fingerprint density at radius 2 is 1.67 bits per heavy atom. The van der Waals surface area contributed by atoms with E-state index in [-0.39, 0.29) is 24.8 Å². The van der Waals surface area contributed by atoms with Crippen LogP contribution in [0.25, 0.3) is 0 Å². The highest BCUT2D eigenvalue weighted by Gasteiger charge is 2.32. The molecular formula is C11H24Cl2N2. The number of hydrogen-bond acceptors (Lipinski definition) is 2. The highest BCUT2D eigenvalue weighted by Crippen LogP contribution is 2.34. The quantitative estimate of drug-likeness (QED) is 0.821. The Bertz CT molecular complexity index is 163. The largest absolute Gasteiger partial charge is 0.329 e. The van der Waals surface area contributed by atoms with Crippen molar-refractivity contribution in [3.05, 3.63) is 0 Å². The van der Waals surface area contributed by atoms with Crippen molar-refractivity contribution in [2.45, 2.75) is 44.6 Å². The van der Waals surface area contributed by atoms with Crippen molar-refractivity contribution in [3.63, 3.8) is 0 Å². The molecule has 2 fully saturated rings. The minimum absolute atomic E-state index is 0. The van der Waals surface area contributed by atoms with E-state index in [1.165, 1.54) is 45.1 Å². The SMILES string of the molecule is Cl.Cl.NCCN1CCCC2CCCCC21. The molecule has 1 saturated carbocycles. The van der Waals surface area contributed by atoms with Gasteiger partial charge >= 0.3 is 0 Å². The van der Waals surface area contributed by atoms with Gasteiger partial charge in [-0.3, -0.25) is 4.90 Å². The first-order valence-corrected chi connectivity index (χ1v) is 5.86. The normalized spacial score (nSPS) is 31.0. The molecule has 1 saturated heterocycles. The van der Waals surface area contributed by atoms with E-state index in [1.807, 2.05) is 0 Å². The van der Waals surface area contributed by atoms with Gasteiger partial charge in [0.2, 0.25) is 0 Å². The Kier molecular flexibility index (Phi) is 7.98. The van der Waals surface area contributed by atoms with Crippen LogP contribution >= 0.6 is 24.8 Å². The fourth-order valence-electron chi connectivity index (χ4n) is 3.17. The average molecular weight is 255 g/mol. The van der Waals surface area contributed by atoms with Gasteiger partial charge in [-0.25, -0.2) is 0 Å². The number of fused-ring (bicyclic) bond motifs is 1. The zero-order chi connectivity index (χ0) is 9.10. The van der Waals surface area contributed by atoms with Crippen molar-refractivity contribution < 1.29 is 0 Å². The van der Waals surface area contributed by atoms with E-state index in [4.69, 9.17) is 5.73 Å². The number of piperidine rings is 1. The molecule has 2 aliphatic rings. The molecule has 92 valence electrons. The summed E-state index contributed by atoms with van der Waals surface area (Å²) in [5.41, 5.74) is 5.64. The smallest absolute Gasteiger partial charge is 0.0124 e. The third-order valence-electron chi connectivity index (χ3n) is 3.77. The summed E-state index contributed by atoms with van der Waals surface area (Å²) in [6, 6.07) is 0.894. The summed E-state index contributed by atoms with van der Waals surface area (Å²) in [7, 11) is 0. The Morgan fingerprint density at radius 1 is 1.00 bits per heavy atom. The van der Waals surface area contributed by atoms with Gasteiger partial charge < -0.3 is 5.73 Å². The lowest BCUT2D eigenvalue weighted by Crippen LogP contribution is -2.48. The van der Waals surface area contributed by atoms with Crippen LogP contribution in [-0.2, 0) is 0 Å². The molecule has 1 aliphatic carbocycles. The third-order valence-corrected chi connectivity index (χ3v) is 3.77. The fraction of sp³-hybridized carbons (Fsp3) is 1.00. The summed E-state index contributed by atoms with van der Waals surface area (Å²) in [5, 5.41) is 0. The lowest BCUT2D eigenvalue weighted by atomic mass is 9.78. The third kappa shape index (κ3) is 3.77. The summed E-state index contributed by atoms with van der Waals surface area (Å²) in [5.74, 6) is 1.01. The van der Waals surface area contributed by atoms with Gasteiger partial charge in [0.1, 0.15) is 0 Å². The second-order valence-corrected chi connectivity index (χ2v) is 4.58. The minimum Gasteiger partial charge on any atom is -0.329 e. The molecule has 0 radical (unpaired) electrons. The summed E-state index contributed by atoms with van der Waals surface area (Å²) in [4.78, 5) is 2.65. The van der Waals surface area contributed by atoms with Crippen LogP contribution in [0.5, 0.6) is 0 Å². The maximum Gasteiger partial charge on any atom is 0.0124 e. The molecule has 2 atom stereocenters. The van der Waals surface area contributed by atoms with Gasteiger partial charge in [0, 0.05) is 19.1 Å². The van der Waals surface area contributed by atoms with Crippen LogP contribution in [0.3, 0.4) is 0 Å². The van der Waals surface area contributed by atoms with E-state index < -0.39 is 0 Å².